The summed E-state index contributed by atoms with van der Waals surface area (Å²) in [4.78, 5) is 28.8. The van der Waals surface area contributed by atoms with E-state index < -0.39 is 0 Å². The van der Waals surface area contributed by atoms with Crippen LogP contribution in [0.5, 0.6) is 0 Å². The van der Waals surface area contributed by atoms with E-state index in [1.165, 1.54) is 25.9 Å². The van der Waals surface area contributed by atoms with Gasteiger partial charge in [0.1, 0.15) is 0 Å². The van der Waals surface area contributed by atoms with Crippen LogP contribution in [0.3, 0.4) is 0 Å². The van der Waals surface area contributed by atoms with Crippen molar-refractivity contribution in [2.75, 3.05) is 19.6 Å². The zero-order valence-electron chi connectivity index (χ0n) is 16.2. The first-order valence-electron chi connectivity index (χ1n) is 9.99. The van der Waals surface area contributed by atoms with Crippen molar-refractivity contribution in [3.8, 4) is 0 Å². The fourth-order valence-corrected chi connectivity index (χ4v) is 5.03. The number of amides is 1. The molecule has 3 saturated heterocycles. The second-order valence-corrected chi connectivity index (χ2v) is 9.01. The van der Waals surface area contributed by atoms with Gasteiger partial charge in [0.15, 0.2) is 5.78 Å². The summed E-state index contributed by atoms with van der Waals surface area (Å²) in [5, 5.41) is 3.24. The molecule has 3 heterocycles. The van der Waals surface area contributed by atoms with Crippen molar-refractivity contribution in [2.24, 2.45) is 5.92 Å². The van der Waals surface area contributed by atoms with Crippen LogP contribution in [0.4, 0.5) is 0 Å². The molecule has 0 aromatic heterocycles. The lowest BCUT2D eigenvalue weighted by molar-refractivity contribution is 0.0928. The summed E-state index contributed by atoms with van der Waals surface area (Å²) in [7, 11) is 0. The van der Waals surface area contributed by atoms with Gasteiger partial charge in [0.05, 0.1) is 0 Å². The standard InChI is InChI=1S/C23H26N2O2S/c1-16(26)19-3-2-4-22(14-19)28-21-7-5-18(6-8-21)23(27)24-20-13-17-9-11-25(15-20)12-10-17/h2-8,14,17,20H,9-13,15H2,1H3,(H,24,27). The summed E-state index contributed by atoms with van der Waals surface area (Å²) in [5.41, 5.74) is 1.42. The molecule has 1 atom stereocenters. The maximum Gasteiger partial charge on any atom is 0.251 e. The molecule has 3 aliphatic rings. The van der Waals surface area contributed by atoms with Crippen LogP contribution in [0.15, 0.2) is 58.3 Å². The van der Waals surface area contributed by atoms with Gasteiger partial charge in [0.2, 0.25) is 0 Å². The Morgan fingerprint density at radius 1 is 1.00 bits per heavy atom. The Hall–Kier alpha value is -2.11. The van der Waals surface area contributed by atoms with Crippen molar-refractivity contribution in [1.82, 2.24) is 10.2 Å². The highest BCUT2D eigenvalue weighted by Gasteiger charge is 2.29. The zero-order chi connectivity index (χ0) is 19.5. The third-order valence-electron chi connectivity index (χ3n) is 5.73. The first kappa shape index (κ1) is 19.2. The van der Waals surface area contributed by atoms with Gasteiger partial charge in [-0.1, -0.05) is 23.9 Å². The van der Waals surface area contributed by atoms with Gasteiger partial charge in [-0.3, -0.25) is 9.59 Å². The molecular weight excluding hydrogens is 368 g/mol. The molecule has 2 aromatic carbocycles. The van der Waals surface area contributed by atoms with Crippen LogP contribution < -0.4 is 5.32 Å². The fourth-order valence-electron chi connectivity index (χ4n) is 4.16. The van der Waals surface area contributed by atoms with E-state index in [1.54, 1.807) is 18.7 Å². The lowest BCUT2D eigenvalue weighted by atomic mass is 9.94. The van der Waals surface area contributed by atoms with Crippen LogP contribution in [-0.4, -0.2) is 42.3 Å². The Morgan fingerprint density at radius 2 is 1.75 bits per heavy atom. The molecule has 2 bridgehead atoms. The van der Waals surface area contributed by atoms with Crippen LogP contribution in [0.25, 0.3) is 0 Å². The highest BCUT2D eigenvalue weighted by atomic mass is 32.2. The molecule has 1 amide bonds. The van der Waals surface area contributed by atoms with E-state index in [9.17, 15) is 9.59 Å². The van der Waals surface area contributed by atoms with E-state index in [0.717, 1.165) is 28.7 Å². The molecule has 1 unspecified atom stereocenters. The average molecular weight is 395 g/mol. The van der Waals surface area contributed by atoms with E-state index in [-0.39, 0.29) is 17.7 Å². The van der Waals surface area contributed by atoms with Crippen LogP contribution in [0, 0.1) is 5.92 Å². The van der Waals surface area contributed by atoms with Crippen molar-refractivity contribution >= 4 is 23.5 Å². The van der Waals surface area contributed by atoms with Gasteiger partial charge in [-0.25, -0.2) is 0 Å². The molecule has 0 saturated carbocycles. The lowest BCUT2D eigenvalue weighted by Crippen LogP contribution is -2.41. The Morgan fingerprint density at radius 3 is 2.46 bits per heavy atom. The topological polar surface area (TPSA) is 49.4 Å². The van der Waals surface area contributed by atoms with Gasteiger partial charge in [0, 0.05) is 33.5 Å². The Kier molecular flexibility index (Phi) is 5.83. The lowest BCUT2D eigenvalue weighted by Gasteiger charge is -2.26. The first-order valence-corrected chi connectivity index (χ1v) is 10.8. The maximum absolute atomic E-state index is 12.7. The fraction of sp³-hybridized carbons (Fsp3) is 0.391. The average Bonchev–Trinajstić information content (AvgIpc) is 3.01. The van der Waals surface area contributed by atoms with E-state index in [2.05, 4.69) is 10.2 Å². The second-order valence-electron chi connectivity index (χ2n) is 7.86. The summed E-state index contributed by atoms with van der Waals surface area (Å²) < 4.78 is 0. The Bertz CT molecular complexity index is 843. The summed E-state index contributed by atoms with van der Waals surface area (Å²) in [6.45, 7) is 4.90. The van der Waals surface area contributed by atoms with Gasteiger partial charge in [-0.05, 0) is 81.6 Å². The molecule has 146 valence electrons. The molecule has 5 heteroatoms. The number of ketones is 1. The number of carbonyl (C=O) groups excluding carboxylic acids is 2. The van der Waals surface area contributed by atoms with Gasteiger partial charge < -0.3 is 10.2 Å². The predicted molar refractivity (Wildman–Crippen MR) is 112 cm³/mol. The Labute approximate surface area is 170 Å². The second kappa shape index (κ2) is 8.50. The highest BCUT2D eigenvalue weighted by Crippen LogP contribution is 2.29. The molecule has 4 nitrogen and oxygen atoms in total. The van der Waals surface area contributed by atoms with E-state index in [0.29, 0.717) is 11.1 Å². The third kappa shape index (κ3) is 4.65. The van der Waals surface area contributed by atoms with E-state index >= 15 is 0 Å². The highest BCUT2D eigenvalue weighted by molar-refractivity contribution is 7.99. The summed E-state index contributed by atoms with van der Waals surface area (Å²) >= 11 is 1.60. The molecule has 28 heavy (non-hydrogen) atoms. The van der Waals surface area contributed by atoms with Crippen molar-refractivity contribution in [2.45, 2.75) is 42.0 Å². The van der Waals surface area contributed by atoms with Crippen LogP contribution in [0.2, 0.25) is 0 Å². The summed E-state index contributed by atoms with van der Waals surface area (Å²) in [6.07, 6.45) is 3.63. The van der Waals surface area contributed by atoms with E-state index in [4.69, 9.17) is 0 Å². The number of rotatable bonds is 5. The van der Waals surface area contributed by atoms with Crippen molar-refractivity contribution in [1.29, 1.82) is 0 Å². The SMILES string of the molecule is CC(=O)c1cccc(Sc2ccc(C(=O)NC3CC4CCN(CC4)C3)cc2)c1. The molecule has 1 N–H and O–H groups in total. The summed E-state index contributed by atoms with van der Waals surface area (Å²) in [6, 6.07) is 15.6. The monoisotopic (exact) mass is 394 g/mol. The number of fused-ring (bicyclic) bond motifs is 4. The van der Waals surface area contributed by atoms with Crippen LogP contribution in [0.1, 0.15) is 46.9 Å². The number of nitrogens with zero attached hydrogens (tertiary/aromatic N) is 1. The smallest absolute Gasteiger partial charge is 0.251 e. The van der Waals surface area contributed by atoms with Crippen molar-refractivity contribution in [3.05, 3.63) is 59.7 Å². The third-order valence-corrected chi connectivity index (χ3v) is 6.73. The number of nitrogens with one attached hydrogen (secondary N) is 1. The largest absolute Gasteiger partial charge is 0.348 e. The minimum atomic E-state index is 0.0163. The number of benzene rings is 2. The number of piperidine rings is 1. The first-order chi connectivity index (χ1) is 13.6. The molecule has 2 aromatic rings. The van der Waals surface area contributed by atoms with Gasteiger partial charge in [-0.15, -0.1) is 0 Å². The van der Waals surface area contributed by atoms with Gasteiger partial charge >= 0.3 is 0 Å². The Balaban J connectivity index is 1.38. The van der Waals surface area contributed by atoms with E-state index in [1.807, 2.05) is 48.5 Å². The minimum absolute atomic E-state index is 0.0163. The van der Waals surface area contributed by atoms with Crippen molar-refractivity contribution < 1.29 is 9.59 Å². The quantitative estimate of drug-likeness (QED) is 0.770. The molecule has 3 fully saturated rings. The molecule has 0 spiro atoms. The predicted octanol–water partition coefficient (Wildman–Crippen LogP) is 4.25. The zero-order valence-corrected chi connectivity index (χ0v) is 17.0. The summed E-state index contributed by atoms with van der Waals surface area (Å²) in [5.74, 6) is 0.842. The van der Waals surface area contributed by atoms with Crippen LogP contribution in [-0.2, 0) is 0 Å². The number of carbonyl (C=O) groups is 2. The molecule has 0 aliphatic carbocycles. The molecule has 5 rings (SSSR count). The molecule has 3 aliphatic heterocycles. The molecule has 0 radical (unpaired) electrons. The van der Waals surface area contributed by atoms with Crippen LogP contribution >= 0.6 is 11.8 Å². The molecular formula is C23H26N2O2S. The van der Waals surface area contributed by atoms with Gasteiger partial charge in [0.25, 0.3) is 5.91 Å². The number of Topliss-reactive ketones (excluding diaryl/α,β-unsaturated/α-hetero) is 1. The van der Waals surface area contributed by atoms with Crippen molar-refractivity contribution in [3.63, 3.8) is 0 Å². The minimum Gasteiger partial charge on any atom is -0.348 e. The van der Waals surface area contributed by atoms with Gasteiger partial charge in [-0.2, -0.15) is 0 Å². The maximum atomic E-state index is 12.7. The number of hydrogen-bond acceptors (Lipinski definition) is 4. The normalized spacial score (nSPS) is 23.8. The number of hydrogen-bond donors (Lipinski definition) is 1.